The Hall–Kier alpha value is -4.76. The van der Waals surface area contributed by atoms with Crippen molar-refractivity contribution in [3.63, 3.8) is 0 Å². The summed E-state index contributed by atoms with van der Waals surface area (Å²) in [7, 11) is 0. The molecule has 0 aliphatic carbocycles. The van der Waals surface area contributed by atoms with Crippen LogP contribution >= 0.6 is 0 Å². The molecule has 0 bridgehead atoms. The van der Waals surface area contributed by atoms with Gasteiger partial charge in [0.15, 0.2) is 5.58 Å². The number of rotatable bonds is 5. The van der Waals surface area contributed by atoms with Gasteiger partial charge in [-0.1, -0.05) is 30.3 Å². The third-order valence-electron chi connectivity index (χ3n) is 6.43. The van der Waals surface area contributed by atoms with E-state index < -0.39 is 10.8 Å². The molecule has 1 amide bonds. The zero-order valence-electron chi connectivity index (χ0n) is 19.7. The lowest BCUT2D eigenvalue weighted by molar-refractivity contribution is -0.384. The summed E-state index contributed by atoms with van der Waals surface area (Å²) in [5.41, 5.74) is 3.11. The molecule has 1 aromatic heterocycles. The summed E-state index contributed by atoms with van der Waals surface area (Å²) in [6.45, 7) is 2.13. The topological polar surface area (TPSA) is 111 Å². The van der Waals surface area contributed by atoms with Crippen molar-refractivity contribution in [2.75, 3.05) is 36.5 Å². The lowest BCUT2D eigenvalue weighted by Gasteiger charge is -2.28. The van der Waals surface area contributed by atoms with E-state index in [1.165, 1.54) is 6.07 Å². The summed E-state index contributed by atoms with van der Waals surface area (Å²) >= 11 is 0. The second kappa shape index (κ2) is 9.36. The van der Waals surface area contributed by atoms with E-state index in [4.69, 9.17) is 9.15 Å². The minimum atomic E-state index is -0.461. The van der Waals surface area contributed by atoms with E-state index in [1.807, 2.05) is 47.4 Å². The minimum Gasteiger partial charge on any atom is -0.436 e. The zero-order valence-corrected chi connectivity index (χ0v) is 19.7. The second-order valence-corrected chi connectivity index (χ2v) is 8.78. The van der Waals surface area contributed by atoms with Crippen LogP contribution in [-0.2, 0) is 4.74 Å². The number of anilines is 2. The fourth-order valence-corrected chi connectivity index (χ4v) is 4.54. The molecule has 1 fully saturated rings. The number of nitro groups is 1. The number of fused-ring (bicyclic) bond motifs is 2. The summed E-state index contributed by atoms with van der Waals surface area (Å²) in [4.78, 5) is 30.7. The van der Waals surface area contributed by atoms with Gasteiger partial charge in [-0.15, -0.1) is 0 Å². The second-order valence-electron chi connectivity index (χ2n) is 8.78. The molecule has 4 aromatic carbocycles. The van der Waals surface area contributed by atoms with Crippen LogP contribution in [-0.4, -0.2) is 42.1 Å². The van der Waals surface area contributed by atoms with E-state index in [0.29, 0.717) is 54.7 Å². The first-order chi connectivity index (χ1) is 18.0. The summed E-state index contributed by atoms with van der Waals surface area (Å²) in [6.07, 6.45) is 0. The number of hydrogen-bond donors (Lipinski definition) is 1. The van der Waals surface area contributed by atoms with Gasteiger partial charge in [0.1, 0.15) is 11.2 Å². The maximum absolute atomic E-state index is 13.0. The van der Waals surface area contributed by atoms with E-state index in [1.54, 1.807) is 30.3 Å². The van der Waals surface area contributed by atoms with Gasteiger partial charge in [0.2, 0.25) is 5.89 Å². The van der Waals surface area contributed by atoms with Crippen molar-refractivity contribution < 1.29 is 18.9 Å². The molecule has 0 saturated carbocycles. The normalized spacial score (nSPS) is 13.7. The molecule has 0 unspecified atom stereocenters. The molecule has 0 atom stereocenters. The van der Waals surface area contributed by atoms with Crippen LogP contribution in [0.1, 0.15) is 10.4 Å². The number of ether oxygens (including phenoxy) is 1. The molecule has 37 heavy (non-hydrogen) atoms. The number of morpholine rings is 1. The van der Waals surface area contributed by atoms with Gasteiger partial charge < -0.3 is 19.4 Å². The van der Waals surface area contributed by atoms with Crippen molar-refractivity contribution in [2.45, 2.75) is 0 Å². The van der Waals surface area contributed by atoms with Gasteiger partial charge in [-0.3, -0.25) is 14.9 Å². The standard InChI is InChI=1S/C28H22N4O5/c33-27(20-7-9-24(25(16-20)32(34)35)31-11-13-36-14-12-31)29-22-8-10-26-23(17-22)30-28(37-26)21-6-5-18-3-1-2-4-19(18)15-21/h1-10,15-17H,11-14H2,(H,29,33). The first kappa shape index (κ1) is 22.7. The molecular weight excluding hydrogens is 472 g/mol. The minimum absolute atomic E-state index is 0.110. The van der Waals surface area contributed by atoms with E-state index >= 15 is 0 Å². The molecular formula is C28H22N4O5. The van der Waals surface area contributed by atoms with Crippen LogP contribution in [0.5, 0.6) is 0 Å². The smallest absolute Gasteiger partial charge is 0.293 e. The number of oxazole rings is 1. The summed E-state index contributed by atoms with van der Waals surface area (Å²) < 4.78 is 11.3. The van der Waals surface area contributed by atoms with Gasteiger partial charge in [0.25, 0.3) is 11.6 Å². The number of carbonyl (C=O) groups excluding carboxylic acids is 1. The summed E-state index contributed by atoms with van der Waals surface area (Å²) in [6, 6.07) is 23.8. The fourth-order valence-electron chi connectivity index (χ4n) is 4.54. The molecule has 1 saturated heterocycles. The first-order valence-corrected chi connectivity index (χ1v) is 11.9. The molecule has 0 radical (unpaired) electrons. The molecule has 1 aliphatic heterocycles. The third kappa shape index (κ3) is 4.48. The Morgan fingerprint density at radius 1 is 0.946 bits per heavy atom. The van der Waals surface area contributed by atoms with Gasteiger partial charge in [-0.05, 0) is 53.2 Å². The van der Waals surface area contributed by atoms with Gasteiger partial charge >= 0.3 is 0 Å². The SMILES string of the molecule is O=C(Nc1ccc2oc(-c3ccc4ccccc4c3)nc2c1)c1ccc(N2CCOCC2)c([N+](=O)[O-])c1. The summed E-state index contributed by atoms with van der Waals surface area (Å²) in [5, 5.41) is 16.8. The van der Waals surface area contributed by atoms with E-state index in [2.05, 4.69) is 10.3 Å². The van der Waals surface area contributed by atoms with Crippen LogP contribution in [0.25, 0.3) is 33.3 Å². The maximum atomic E-state index is 13.0. The Labute approximate surface area is 211 Å². The number of nitrogens with one attached hydrogen (secondary N) is 1. The summed E-state index contributed by atoms with van der Waals surface area (Å²) in [5.74, 6) is 0.0350. The number of amides is 1. The highest BCUT2D eigenvalue weighted by molar-refractivity contribution is 6.05. The highest BCUT2D eigenvalue weighted by atomic mass is 16.6. The number of aromatic nitrogens is 1. The highest BCUT2D eigenvalue weighted by Gasteiger charge is 2.23. The average molecular weight is 495 g/mol. The lowest BCUT2D eigenvalue weighted by atomic mass is 10.1. The first-order valence-electron chi connectivity index (χ1n) is 11.9. The third-order valence-corrected chi connectivity index (χ3v) is 6.43. The van der Waals surface area contributed by atoms with E-state index in [-0.39, 0.29) is 11.3 Å². The highest BCUT2D eigenvalue weighted by Crippen LogP contribution is 2.31. The van der Waals surface area contributed by atoms with Crippen LogP contribution in [0.15, 0.2) is 83.3 Å². The fraction of sp³-hybridized carbons (Fsp3) is 0.143. The quantitative estimate of drug-likeness (QED) is 0.248. The monoisotopic (exact) mass is 494 g/mol. The molecule has 5 aromatic rings. The van der Waals surface area contributed by atoms with E-state index in [0.717, 1.165) is 16.3 Å². The number of nitro benzene ring substituents is 1. The van der Waals surface area contributed by atoms with Crippen LogP contribution in [0.2, 0.25) is 0 Å². The van der Waals surface area contributed by atoms with Crippen molar-refractivity contribution >= 4 is 44.8 Å². The predicted octanol–water partition coefficient (Wildman–Crippen LogP) is 5.65. The van der Waals surface area contributed by atoms with Gasteiger partial charge in [-0.25, -0.2) is 4.98 Å². The molecule has 0 spiro atoms. The largest absolute Gasteiger partial charge is 0.436 e. The van der Waals surface area contributed by atoms with Crippen molar-refractivity contribution in [2.24, 2.45) is 0 Å². The predicted molar refractivity (Wildman–Crippen MR) is 141 cm³/mol. The number of carbonyl (C=O) groups is 1. The molecule has 9 nitrogen and oxygen atoms in total. The Balaban J connectivity index is 1.25. The van der Waals surface area contributed by atoms with Gasteiger partial charge in [0.05, 0.1) is 18.1 Å². The average Bonchev–Trinajstić information content (AvgIpc) is 3.36. The van der Waals surface area contributed by atoms with Crippen LogP contribution < -0.4 is 10.2 Å². The molecule has 2 heterocycles. The van der Waals surface area contributed by atoms with E-state index in [9.17, 15) is 14.9 Å². The Kier molecular flexibility index (Phi) is 5.74. The number of hydrogen-bond acceptors (Lipinski definition) is 7. The van der Waals surface area contributed by atoms with Crippen LogP contribution in [0, 0.1) is 10.1 Å². The number of nitrogens with zero attached hydrogens (tertiary/aromatic N) is 3. The zero-order chi connectivity index (χ0) is 25.4. The van der Waals surface area contributed by atoms with Gasteiger partial charge in [-0.2, -0.15) is 0 Å². The van der Waals surface area contributed by atoms with Crippen molar-refractivity contribution in [3.8, 4) is 11.5 Å². The Bertz CT molecular complexity index is 1660. The lowest BCUT2D eigenvalue weighted by Crippen LogP contribution is -2.36. The van der Waals surface area contributed by atoms with Crippen LogP contribution in [0.3, 0.4) is 0 Å². The van der Waals surface area contributed by atoms with Crippen molar-refractivity contribution in [1.29, 1.82) is 0 Å². The Morgan fingerprint density at radius 3 is 2.57 bits per heavy atom. The van der Waals surface area contributed by atoms with Crippen molar-refractivity contribution in [1.82, 2.24) is 4.98 Å². The van der Waals surface area contributed by atoms with Gasteiger partial charge in [0, 0.05) is 36.0 Å². The molecule has 6 rings (SSSR count). The van der Waals surface area contributed by atoms with Crippen LogP contribution in [0.4, 0.5) is 17.1 Å². The molecule has 1 aliphatic rings. The molecule has 1 N–H and O–H groups in total. The molecule has 184 valence electrons. The van der Waals surface area contributed by atoms with Crippen molar-refractivity contribution in [3.05, 3.63) is 94.5 Å². The molecule has 9 heteroatoms. The maximum Gasteiger partial charge on any atom is 0.293 e. The Morgan fingerprint density at radius 2 is 1.76 bits per heavy atom. The number of benzene rings is 4.